The number of hydrogen-bond acceptors (Lipinski definition) is 4. The highest BCUT2D eigenvalue weighted by Gasteiger charge is 2.11. The predicted octanol–water partition coefficient (Wildman–Crippen LogP) is 1.35. The van der Waals surface area contributed by atoms with Gasteiger partial charge in [0.05, 0.1) is 6.42 Å². The summed E-state index contributed by atoms with van der Waals surface area (Å²) >= 11 is 1.56. The second-order valence-electron chi connectivity index (χ2n) is 4.13. The zero-order chi connectivity index (χ0) is 14.3. The Kier molecular flexibility index (Phi) is 6.38. The van der Waals surface area contributed by atoms with E-state index in [9.17, 15) is 9.59 Å². The average Bonchev–Trinajstić information content (AvgIpc) is 2.35. The van der Waals surface area contributed by atoms with Crippen LogP contribution in [-0.4, -0.2) is 33.9 Å². The Hall–Kier alpha value is -1.53. The SMILES string of the molecule is NC(CCSCc1ccccc1CC(=O)O)C(=O)O. The van der Waals surface area contributed by atoms with Crippen LogP contribution in [0.4, 0.5) is 0 Å². The van der Waals surface area contributed by atoms with Crippen molar-refractivity contribution in [3.05, 3.63) is 35.4 Å². The number of carbonyl (C=O) groups is 2. The number of benzene rings is 1. The van der Waals surface area contributed by atoms with Crippen molar-refractivity contribution in [2.24, 2.45) is 5.73 Å². The van der Waals surface area contributed by atoms with E-state index in [1.807, 2.05) is 18.2 Å². The molecule has 4 N–H and O–H groups in total. The Bertz CT molecular complexity index is 450. The van der Waals surface area contributed by atoms with Crippen molar-refractivity contribution in [3.8, 4) is 0 Å². The number of carboxylic acid groups (broad SMARTS) is 2. The summed E-state index contributed by atoms with van der Waals surface area (Å²) in [5.74, 6) is -0.553. The van der Waals surface area contributed by atoms with Crippen LogP contribution in [0.3, 0.4) is 0 Å². The smallest absolute Gasteiger partial charge is 0.320 e. The van der Waals surface area contributed by atoms with Crippen molar-refractivity contribution in [2.45, 2.75) is 24.6 Å². The molecule has 104 valence electrons. The third-order valence-electron chi connectivity index (χ3n) is 2.61. The lowest BCUT2D eigenvalue weighted by molar-refractivity contribution is -0.138. The van der Waals surface area contributed by atoms with E-state index in [2.05, 4.69) is 0 Å². The molecule has 1 rings (SSSR count). The van der Waals surface area contributed by atoms with E-state index in [1.165, 1.54) is 0 Å². The maximum atomic E-state index is 10.7. The summed E-state index contributed by atoms with van der Waals surface area (Å²) in [5, 5.41) is 17.5. The van der Waals surface area contributed by atoms with E-state index in [1.54, 1.807) is 17.8 Å². The Morgan fingerprint density at radius 3 is 2.42 bits per heavy atom. The van der Waals surface area contributed by atoms with Crippen molar-refractivity contribution in [2.75, 3.05) is 5.75 Å². The van der Waals surface area contributed by atoms with Gasteiger partial charge in [0.2, 0.25) is 0 Å². The van der Waals surface area contributed by atoms with Crippen molar-refractivity contribution in [1.82, 2.24) is 0 Å². The molecule has 0 aliphatic carbocycles. The van der Waals surface area contributed by atoms with Crippen molar-refractivity contribution >= 4 is 23.7 Å². The molecule has 0 saturated carbocycles. The molecule has 0 fully saturated rings. The van der Waals surface area contributed by atoms with Gasteiger partial charge in [0, 0.05) is 5.75 Å². The molecule has 0 heterocycles. The van der Waals surface area contributed by atoms with Crippen LogP contribution in [0.25, 0.3) is 0 Å². The van der Waals surface area contributed by atoms with Crippen molar-refractivity contribution in [3.63, 3.8) is 0 Å². The van der Waals surface area contributed by atoms with Gasteiger partial charge in [-0.2, -0.15) is 11.8 Å². The fraction of sp³-hybridized carbons (Fsp3) is 0.385. The van der Waals surface area contributed by atoms with Gasteiger partial charge >= 0.3 is 11.9 Å². The third-order valence-corrected chi connectivity index (χ3v) is 3.65. The molecule has 0 spiro atoms. The Morgan fingerprint density at radius 2 is 1.84 bits per heavy atom. The zero-order valence-electron chi connectivity index (χ0n) is 10.4. The predicted molar refractivity (Wildman–Crippen MR) is 74.2 cm³/mol. The molecule has 0 aromatic heterocycles. The second kappa shape index (κ2) is 7.81. The number of rotatable bonds is 8. The van der Waals surface area contributed by atoms with Gasteiger partial charge in [-0.05, 0) is 23.3 Å². The molecule has 0 radical (unpaired) electrons. The summed E-state index contributed by atoms with van der Waals surface area (Å²) < 4.78 is 0. The van der Waals surface area contributed by atoms with E-state index < -0.39 is 18.0 Å². The first kappa shape index (κ1) is 15.5. The zero-order valence-corrected chi connectivity index (χ0v) is 11.2. The summed E-state index contributed by atoms with van der Waals surface area (Å²) in [6.45, 7) is 0. The molecule has 0 aliphatic heterocycles. The van der Waals surface area contributed by atoms with Gasteiger partial charge in [0.15, 0.2) is 0 Å². The van der Waals surface area contributed by atoms with E-state index in [0.717, 1.165) is 11.1 Å². The lowest BCUT2D eigenvalue weighted by atomic mass is 10.1. The van der Waals surface area contributed by atoms with E-state index in [4.69, 9.17) is 15.9 Å². The molecule has 5 nitrogen and oxygen atoms in total. The van der Waals surface area contributed by atoms with Crippen LogP contribution in [-0.2, 0) is 21.8 Å². The molecule has 1 aromatic rings. The van der Waals surface area contributed by atoms with Crippen LogP contribution in [0.1, 0.15) is 17.5 Å². The molecule has 0 bridgehead atoms. The van der Waals surface area contributed by atoms with Crippen LogP contribution in [0.15, 0.2) is 24.3 Å². The first-order valence-corrected chi connectivity index (χ1v) is 7.01. The monoisotopic (exact) mass is 283 g/mol. The highest BCUT2D eigenvalue weighted by molar-refractivity contribution is 7.98. The van der Waals surface area contributed by atoms with Gasteiger partial charge in [-0.3, -0.25) is 9.59 Å². The quantitative estimate of drug-likeness (QED) is 0.623. The number of aliphatic carboxylic acids is 2. The molecule has 6 heteroatoms. The van der Waals surface area contributed by atoms with Crippen molar-refractivity contribution in [1.29, 1.82) is 0 Å². The highest BCUT2D eigenvalue weighted by Crippen LogP contribution is 2.18. The van der Waals surface area contributed by atoms with Crippen LogP contribution >= 0.6 is 11.8 Å². The minimum Gasteiger partial charge on any atom is -0.481 e. The molecule has 19 heavy (non-hydrogen) atoms. The lowest BCUT2D eigenvalue weighted by Gasteiger charge is -2.08. The topological polar surface area (TPSA) is 101 Å². The fourth-order valence-corrected chi connectivity index (χ4v) is 2.62. The largest absolute Gasteiger partial charge is 0.481 e. The number of thioether (sulfide) groups is 1. The summed E-state index contributed by atoms with van der Waals surface area (Å²) in [7, 11) is 0. The fourth-order valence-electron chi connectivity index (χ4n) is 1.55. The molecule has 0 amide bonds. The molecule has 0 saturated heterocycles. The first-order valence-electron chi connectivity index (χ1n) is 5.85. The van der Waals surface area contributed by atoms with E-state index in [-0.39, 0.29) is 6.42 Å². The molecular formula is C13H17NO4S. The number of hydrogen-bond donors (Lipinski definition) is 3. The van der Waals surface area contributed by atoms with Gasteiger partial charge in [-0.15, -0.1) is 0 Å². The van der Waals surface area contributed by atoms with E-state index >= 15 is 0 Å². The van der Waals surface area contributed by atoms with Crippen LogP contribution in [0.5, 0.6) is 0 Å². The average molecular weight is 283 g/mol. The third kappa shape index (κ3) is 5.76. The highest BCUT2D eigenvalue weighted by atomic mass is 32.2. The van der Waals surface area contributed by atoms with Crippen LogP contribution < -0.4 is 5.73 Å². The summed E-state index contributed by atoms with van der Waals surface area (Å²) in [6, 6.07) is 6.54. The van der Waals surface area contributed by atoms with Gasteiger partial charge in [0.25, 0.3) is 0 Å². The Balaban J connectivity index is 2.45. The molecule has 1 atom stereocenters. The number of carboxylic acids is 2. The van der Waals surface area contributed by atoms with Crippen molar-refractivity contribution < 1.29 is 19.8 Å². The maximum Gasteiger partial charge on any atom is 0.320 e. The first-order chi connectivity index (χ1) is 9.00. The lowest BCUT2D eigenvalue weighted by Crippen LogP contribution is -2.30. The summed E-state index contributed by atoms with van der Waals surface area (Å²) in [5.41, 5.74) is 7.17. The normalized spacial score (nSPS) is 12.1. The summed E-state index contributed by atoms with van der Waals surface area (Å²) in [4.78, 5) is 21.3. The molecule has 0 aliphatic rings. The Morgan fingerprint density at radius 1 is 1.21 bits per heavy atom. The standard InChI is InChI=1S/C13H17NO4S/c14-11(13(17)18)5-6-19-8-10-4-2-1-3-9(10)7-12(15)16/h1-4,11H,5-8,14H2,(H,15,16)(H,17,18). The van der Waals surface area contributed by atoms with Gasteiger partial charge in [-0.25, -0.2) is 0 Å². The summed E-state index contributed by atoms with van der Waals surface area (Å²) in [6.07, 6.45) is 0.409. The molecule has 1 aromatic carbocycles. The van der Waals surface area contributed by atoms with Crippen LogP contribution in [0.2, 0.25) is 0 Å². The van der Waals surface area contributed by atoms with Crippen LogP contribution in [0, 0.1) is 0 Å². The van der Waals surface area contributed by atoms with Gasteiger partial charge in [0.1, 0.15) is 6.04 Å². The second-order valence-corrected chi connectivity index (χ2v) is 5.23. The maximum absolute atomic E-state index is 10.7. The minimum absolute atomic E-state index is 0.00533. The molecule has 1 unspecified atom stereocenters. The Labute approximate surface area is 115 Å². The van der Waals surface area contributed by atoms with Gasteiger partial charge in [-0.1, -0.05) is 24.3 Å². The van der Waals surface area contributed by atoms with E-state index in [0.29, 0.717) is 17.9 Å². The minimum atomic E-state index is -0.994. The van der Waals surface area contributed by atoms with Gasteiger partial charge < -0.3 is 15.9 Å². The number of nitrogens with two attached hydrogens (primary N) is 1. The molecular weight excluding hydrogens is 266 g/mol.